The second-order valence-electron chi connectivity index (χ2n) is 2.92. The van der Waals surface area contributed by atoms with Gasteiger partial charge in [-0.05, 0) is 19.3 Å². The van der Waals surface area contributed by atoms with Gasteiger partial charge in [-0.15, -0.1) is 0 Å². The Hall–Kier alpha value is -0.370. The van der Waals surface area contributed by atoms with Crippen molar-refractivity contribution in [3.8, 4) is 0 Å². The predicted octanol–water partition coefficient (Wildman–Crippen LogP) is 3.09. The van der Waals surface area contributed by atoms with E-state index >= 15 is 0 Å². The lowest BCUT2D eigenvalue weighted by molar-refractivity contribution is 0.158. The molecule has 0 bridgehead atoms. The van der Waals surface area contributed by atoms with Crippen LogP contribution in [0.3, 0.4) is 0 Å². The van der Waals surface area contributed by atoms with E-state index in [1.165, 1.54) is 12.9 Å². The molecule has 0 amide bonds. The van der Waals surface area contributed by atoms with Crippen LogP contribution in [0.25, 0.3) is 0 Å². The molecule has 0 heterocycles. The maximum Gasteiger partial charge on any atom is 0.353 e. The Morgan fingerprint density at radius 1 is 1.62 bits per heavy atom. The number of rotatable bonds is 4. The Bertz CT molecular complexity index is 247. The largest absolute Gasteiger partial charge is 0.353 e. The van der Waals surface area contributed by atoms with Gasteiger partial charge in [0.1, 0.15) is 0 Å². The van der Waals surface area contributed by atoms with E-state index in [1.807, 2.05) is 6.08 Å². The molecule has 0 aromatic heterocycles. The lowest BCUT2D eigenvalue weighted by atomic mass is 10.1. The van der Waals surface area contributed by atoms with Gasteiger partial charge in [-0.2, -0.15) is 0 Å². The highest BCUT2D eigenvalue weighted by molar-refractivity contribution is 7.57. The van der Waals surface area contributed by atoms with Crippen LogP contribution in [0.1, 0.15) is 19.3 Å². The van der Waals surface area contributed by atoms with E-state index in [9.17, 15) is 4.57 Å². The van der Waals surface area contributed by atoms with E-state index in [2.05, 4.69) is 12.7 Å². The van der Waals surface area contributed by atoms with E-state index in [0.29, 0.717) is 0 Å². The normalized spacial score (nSPS) is 26.7. The molecule has 0 radical (unpaired) electrons. The van der Waals surface area contributed by atoms with Gasteiger partial charge in [-0.3, -0.25) is 4.57 Å². The molecule has 0 aromatic rings. The molecule has 2 atom stereocenters. The van der Waals surface area contributed by atoms with Gasteiger partial charge in [0.15, 0.2) is 0 Å². The minimum absolute atomic E-state index is 0.00813. The van der Waals surface area contributed by atoms with Crippen molar-refractivity contribution < 1.29 is 13.6 Å². The summed E-state index contributed by atoms with van der Waals surface area (Å²) in [6, 6.07) is 0. The first-order valence-corrected chi connectivity index (χ1v) is 5.94. The average molecular weight is 202 g/mol. The lowest BCUT2D eigenvalue weighted by Gasteiger charge is -2.21. The van der Waals surface area contributed by atoms with Gasteiger partial charge in [0.25, 0.3) is 0 Å². The van der Waals surface area contributed by atoms with Crippen LogP contribution in [-0.2, 0) is 13.6 Å². The van der Waals surface area contributed by atoms with Crippen molar-refractivity contribution in [3.63, 3.8) is 0 Å². The maximum atomic E-state index is 11.6. The molecule has 1 aliphatic carbocycles. The smallest absolute Gasteiger partial charge is 0.309 e. The van der Waals surface area contributed by atoms with Crippen molar-refractivity contribution in [2.75, 3.05) is 7.11 Å². The summed E-state index contributed by atoms with van der Waals surface area (Å²) in [5.74, 6) is 1.26. The van der Waals surface area contributed by atoms with Crippen molar-refractivity contribution >= 4 is 7.60 Å². The summed E-state index contributed by atoms with van der Waals surface area (Å²) in [4.78, 5) is 0. The summed E-state index contributed by atoms with van der Waals surface area (Å²) in [7, 11) is -1.64. The van der Waals surface area contributed by atoms with Gasteiger partial charge in [0, 0.05) is 12.9 Å². The monoisotopic (exact) mass is 202 g/mol. The summed E-state index contributed by atoms with van der Waals surface area (Å²) in [5, 5.41) is 0. The summed E-state index contributed by atoms with van der Waals surface area (Å²) < 4.78 is 21.8. The molecule has 74 valence electrons. The Morgan fingerprint density at radius 2 is 2.38 bits per heavy atom. The van der Waals surface area contributed by atoms with Gasteiger partial charge in [-0.1, -0.05) is 18.7 Å². The number of hydrogen-bond acceptors (Lipinski definition) is 3. The molecule has 0 saturated heterocycles. The van der Waals surface area contributed by atoms with E-state index in [-0.39, 0.29) is 6.10 Å². The Kier molecular flexibility index (Phi) is 3.91. The Labute approximate surface area is 79.0 Å². The third kappa shape index (κ3) is 3.11. The number of hydrogen-bond donors (Lipinski definition) is 0. The molecule has 0 aromatic carbocycles. The Morgan fingerprint density at radius 3 is 2.85 bits per heavy atom. The molecule has 0 aliphatic heterocycles. The average Bonchev–Trinajstić information content (AvgIpc) is 2.19. The third-order valence-corrected chi connectivity index (χ3v) is 3.54. The SMILES string of the molecule is C=CP(=O)(OC)OC1CC=CCC1. The van der Waals surface area contributed by atoms with Crippen molar-refractivity contribution in [1.29, 1.82) is 0 Å². The van der Waals surface area contributed by atoms with Gasteiger partial charge < -0.3 is 9.05 Å². The molecule has 3 nitrogen and oxygen atoms in total. The maximum absolute atomic E-state index is 11.6. The highest BCUT2D eigenvalue weighted by Crippen LogP contribution is 2.50. The van der Waals surface area contributed by atoms with Crippen LogP contribution in [-0.4, -0.2) is 13.2 Å². The summed E-state index contributed by atoms with van der Waals surface area (Å²) >= 11 is 0. The molecule has 13 heavy (non-hydrogen) atoms. The minimum Gasteiger partial charge on any atom is -0.309 e. The molecule has 0 saturated carbocycles. The van der Waals surface area contributed by atoms with Crippen LogP contribution < -0.4 is 0 Å². The lowest BCUT2D eigenvalue weighted by Crippen LogP contribution is -2.12. The zero-order valence-electron chi connectivity index (χ0n) is 7.81. The molecular weight excluding hydrogens is 187 g/mol. The number of allylic oxidation sites excluding steroid dienone is 1. The fourth-order valence-electron chi connectivity index (χ4n) is 1.23. The van der Waals surface area contributed by atoms with Gasteiger partial charge >= 0.3 is 7.60 Å². The van der Waals surface area contributed by atoms with Crippen molar-refractivity contribution in [1.82, 2.24) is 0 Å². The van der Waals surface area contributed by atoms with Crippen molar-refractivity contribution in [2.45, 2.75) is 25.4 Å². The van der Waals surface area contributed by atoms with Gasteiger partial charge in [-0.25, -0.2) is 0 Å². The standard InChI is InChI=1S/C9H15O3P/c1-3-13(10,11-2)12-9-7-5-4-6-8-9/h3-5,9H,1,6-8H2,2H3. The van der Waals surface area contributed by atoms with Gasteiger partial charge in [0.05, 0.1) is 6.10 Å². The first kappa shape index (κ1) is 10.7. The second-order valence-corrected chi connectivity index (χ2v) is 4.94. The highest BCUT2D eigenvalue weighted by atomic mass is 31.2. The van der Waals surface area contributed by atoms with E-state index < -0.39 is 7.60 Å². The van der Waals surface area contributed by atoms with Crippen LogP contribution in [0, 0.1) is 0 Å². The zero-order chi connectivity index (χ0) is 9.73. The van der Waals surface area contributed by atoms with Crippen molar-refractivity contribution in [3.05, 3.63) is 24.5 Å². The molecule has 0 N–H and O–H groups in total. The predicted molar refractivity (Wildman–Crippen MR) is 52.7 cm³/mol. The third-order valence-electron chi connectivity index (χ3n) is 2.00. The first-order chi connectivity index (χ1) is 6.20. The molecule has 4 heteroatoms. The van der Waals surface area contributed by atoms with E-state index in [4.69, 9.17) is 9.05 Å². The fourth-order valence-corrected chi connectivity index (χ4v) is 2.16. The Balaban J connectivity index is 2.51. The minimum atomic E-state index is -3.02. The van der Waals surface area contributed by atoms with Crippen LogP contribution in [0.4, 0.5) is 0 Å². The van der Waals surface area contributed by atoms with Crippen LogP contribution in [0.2, 0.25) is 0 Å². The van der Waals surface area contributed by atoms with E-state index in [1.54, 1.807) is 0 Å². The summed E-state index contributed by atoms with van der Waals surface area (Å²) in [6.07, 6.45) is 6.83. The first-order valence-electron chi connectivity index (χ1n) is 4.32. The molecule has 1 aliphatic rings. The quantitative estimate of drug-likeness (QED) is 0.519. The molecule has 0 spiro atoms. The van der Waals surface area contributed by atoms with Crippen molar-refractivity contribution in [2.24, 2.45) is 0 Å². The van der Waals surface area contributed by atoms with Crippen LogP contribution >= 0.6 is 7.60 Å². The van der Waals surface area contributed by atoms with Crippen LogP contribution in [0.15, 0.2) is 24.5 Å². The zero-order valence-corrected chi connectivity index (χ0v) is 8.70. The molecular formula is C9H15O3P. The van der Waals surface area contributed by atoms with Gasteiger partial charge in [0.2, 0.25) is 0 Å². The highest BCUT2D eigenvalue weighted by Gasteiger charge is 2.23. The molecule has 2 unspecified atom stereocenters. The second kappa shape index (κ2) is 4.75. The molecule has 0 fully saturated rings. The summed E-state index contributed by atoms with van der Waals surface area (Å²) in [6.45, 7) is 3.44. The molecule has 1 rings (SSSR count). The van der Waals surface area contributed by atoms with E-state index in [0.717, 1.165) is 19.3 Å². The fraction of sp³-hybridized carbons (Fsp3) is 0.556. The van der Waals surface area contributed by atoms with Crippen LogP contribution in [0.5, 0.6) is 0 Å². The topological polar surface area (TPSA) is 35.5 Å². The summed E-state index contributed by atoms with van der Waals surface area (Å²) in [5.41, 5.74) is 0.